The number of carboxylic acids is 1. The molecule has 0 unspecified atom stereocenters. The Labute approximate surface area is 121 Å². The molecule has 2 aromatic heterocycles. The summed E-state index contributed by atoms with van der Waals surface area (Å²) in [5.41, 5.74) is 3.93. The summed E-state index contributed by atoms with van der Waals surface area (Å²) >= 11 is 0. The number of pyridine rings is 1. The summed E-state index contributed by atoms with van der Waals surface area (Å²) < 4.78 is 2.01. The van der Waals surface area contributed by atoms with Crippen molar-refractivity contribution >= 4 is 17.0 Å². The highest BCUT2D eigenvalue weighted by Gasteiger charge is 2.11. The minimum Gasteiger partial charge on any atom is -0.478 e. The molecule has 0 aliphatic rings. The van der Waals surface area contributed by atoms with Crippen LogP contribution in [-0.2, 0) is 6.54 Å². The molecule has 0 spiro atoms. The topological polar surface area (TPSA) is 68.0 Å². The van der Waals surface area contributed by atoms with E-state index in [1.807, 2.05) is 36.7 Å². The van der Waals surface area contributed by atoms with E-state index in [1.165, 1.54) is 0 Å². The number of aryl methyl sites for hydroxylation is 2. The standard InChI is InChI=1S/C16H15N3O2/c1-10-3-4-12(8-17-10)9-19-11(2)18-14-6-5-13(16(20)21)7-15(14)19/h3-8H,9H2,1-2H3,(H,20,21). The molecule has 0 radical (unpaired) electrons. The van der Waals surface area contributed by atoms with E-state index in [9.17, 15) is 4.79 Å². The Hall–Kier alpha value is -2.69. The zero-order valence-electron chi connectivity index (χ0n) is 11.9. The molecule has 0 saturated carbocycles. The number of aromatic nitrogens is 3. The Kier molecular flexibility index (Phi) is 3.17. The fourth-order valence-electron chi connectivity index (χ4n) is 2.35. The first-order chi connectivity index (χ1) is 10.0. The molecule has 0 atom stereocenters. The van der Waals surface area contributed by atoms with Crippen molar-refractivity contribution in [2.75, 3.05) is 0 Å². The zero-order valence-corrected chi connectivity index (χ0v) is 11.9. The Balaban J connectivity index is 2.08. The average molecular weight is 281 g/mol. The quantitative estimate of drug-likeness (QED) is 0.801. The van der Waals surface area contributed by atoms with Crippen LogP contribution in [-0.4, -0.2) is 25.6 Å². The summed E-state index contributed by atoms with van der Waals surface area (Å²) in [4.78, 5) is 19.9. The molecule has 0 bridgehead atoms. The van der Waals surface area contributed by atoms with Crippen molar-refractivity contribution in [3.63, 3.8) is 0 Å². The average Bonchev–Trinajstić information content (AvgIpc) is 2.77. The second kappa shape index (κ2) is 5.01. The second-order valence-electron chi connectivity index (χ2n) is 5.06. The molecular formula is C16H15N3O2. The molecule has 0 aliphatic heterocycles. The highest BCUT2D eigenvalue weighted by Crippen LogP contribution is 2.19. The number of benzene rings is 1. The highest BCUT2D eigenvalue weighted by molar-refractivity contribution is 5.92. The van der Waals surface area contributed by atoms with Crippen LogP contribution in [0, 0.1) is 13.8 Å². The lowest BCUT2D eigenvalue weighted by molar-refractivity contribution is 0.0697. The first-order valence-electron chi connectivity index (χ1n) is 6.66. The van der Waals surface area contributed by atoms with Gasteiger partial charge in [-0.2, -0.15) is 0 Å². The van der Waals surface area contributed by atoms with Crippen LogP contribution >= 0.6 is 0 Å². The predicted octanol–water partition coefficient (Wildman–Crippen LogP) is 2.79. The lowest BCUT2D eigenvalue weighted by Gasteiger charge is -2.07. The van der Waals surface area contributed by atoms with Gasteiger partial charge in [0, 0.05) is 11.9 Å². The van der Waals surface area contributed by atoms with Crippen LogP contribution in [0.15, 0.2) is 36.5 Å². The van der Waals surface area contributed by atoms with E-state index in [0.717, 1.165) is 28.1 Å². The molecule has 0 amide bonds. The summed E-state index contributed by atoms with van der Waals surface area (Å²) in [6.45, 7) is 4.49. The first kappa shape index (κ1) is 13.3. The van der Waals surface area contributed by atoms with Gasteiger partial charge in [-0.3, -0.25) is 4.98 Å². The normalized spacial score (nSPS) is 11.0. The van der Waals surface area contributed by atoms with Crippen LogP contribution in [0.2, 0.25) is 0 Å². The number of rotatable bonds is 3. The Morgan fingerprint density at radius 1 is 1.24 bits per heavy atom. The van der Waals surface area contributed by atoms with E-state index in [0.29, 0.717) is 6.54 Å². The summed E-state index contributed by atoms with van der Waals surface area (Å²) in [7, 11) is 0. The molecule has 2 heterocycles. The number of imidazole rings is 1. The second-order valence-corrected chi connectivity index (χ2v) is 5.06. The molecule has 5 heteroatoms. The summed E-state index contributed by atoms with van der Waals surface area (Å²) in [5, 5.41) is 9.12. The van der Waals surface area contributed by atoms with Gasteiger partial charge in [0.1, 0.15) is 5.82 Å². The van der Waals surface area contributed by atoms with Crippen molar-refractivity contribution < 1.29 is 9.90 Å². The van der Waals surface area contributed by atoms with Crippen LogP contribution in [0.5, 0.6) is 0 Å². The molecule has 1 N–H and O–H groups in total. The maximum Gasteiger partial charge on any atom is 0.335 e. The fourth-order valence-corrected chi connectivity index (χ4v) is 2.35. The van der Waals surface area contributed by atoms with Crippen molar-refractivity contribution in [1.29, 1.82) is 0 Å². The van der Waals surface area contributed by atoms with Gasteiger partial charge in [0.15, 0.2) is 0 Å². The lowest BCUT2D eigenvalue weighted by atomic mass is 10.2. The van der Waals surface area contributed by atoms with Crippen molar-refractivity contribution in [2.24, 2.45) is 0 Å². The first-order valence-corrected chi connectivity index (χ1v) is 6.66. The molecule has 0 saturated heterocycles. The molecule has 3 aromatic rings. The monoisotopic (exact) mass is 281 g/mol. The summed E-state index contributed by atoms with van der Waals surface area (Å²) in [5.74, 6) is -0.0765. The number of hydrogen-bond donors (Lipinski definition) is 1. The number of nitrogens with zero attached hydrogens (tertiary/aromatic N) is 3. The number of carboxylic acid groups (broad SMARTS) is 1. The summed E-state index contributed by atoms with van der Waals surface area (Å²) in [6, 6.07) is 8.98. The van der Waals surface area contributed by atoms with Gasteiger partial charge in [0.25, 0.3) is 0 Å². The maximum atomic E-state index is 11.1. The van der Waals surface area contributed by atoms with Crippen molar-refractivity contribution in [3.05, 3.63) is 59.2 Å². The third-order valence-electron chi connectivity index (χ3n) is 3.50. The number of carbonyl (C=O) groups is 1. The van der Waals surface area contributed by atoms with E-state index in [-0.39, 0.29) is 5.56 Å². The maximum absolute atomic E-state index is 11.1. The number of hydrogen-bond acceptors (Lipinski definition) is 3. The van der Waals surface area contributed by atoms with Gasteiger partial charge in [-0.15, -0.1) is 0 Å². The molecular weight excluding hydrogens is 266 g/mol. The van der Waals surface area contributed by atoms with Crippen LogP contribution in [0.4, 0.5) is 0 Å². The van der Waals surface area contributed by atoms with Crippen molar-refractivity contribution in [2.45, 2.75) is 20.4 Å². The third-order valence-corrected chi connectivity index (χ3v) is 3.50. The van der Waals surface area contributed by atoms with E-state index in [4.69, 9.17) is 5.11 Å². The SMILES string of the molecule is Cc1ccc(Cn2c(C)nc3ccc(C(=O)O)cc32)cn1. The Morgan fingerprint density at radius 2 is 2.05 bits per heavy atom. The van der Waals surface area contributed by atoms with Gasteiger partial charge in [-0.25, -0.2) is 9.78 Å². The van der Waals surface area contributed by atoms with Crippen LogP contribution in [0.25, 0.3) is 11.0 Å². The molecule has 0 fully saturated rings. The van der Waals surface area contributed by atoms with Crippen molar-refractivity contribution in [1.82, 2.24) is 14.5 Å². The van der Waals surface area contributed by atoms with Gasteiger partial charge in [0.05, 0.1) is 23.1 Å². The van der Waals surface area contributed by atoms with Gasteiger partial charge < -0.3 is 9.67 Å². The van der Waals surface area contributed by atoms with Gasteiger partial charge >= 0.3 is 5.97 Å². The summed E-state index contributed by atoms with van der Waals surface area (Å²) in [6.07, 6.45) is 1.83. The van der Waals surface area contributed by atoms with Gasteiger partial charge in [-0.1, -0.05) is 6.07 Å². The van der Waals surface area contributed by atoms with Gasteiger partial charge in [0.2, 0.25) is 0 Å². The van der Waals surface area contributed by atoms with Gasteiger partial charge in [-0.05, 0) is 43.7 Å². The zero-order chi connectivity index (χ0) is 15.0. The van der Waals surface area contributed by atoms with Crippen LogP contribution in [0.3, 0.4) is 0 Å². The smallest absolute Gasteiger partial charge is 0.335 e. The Bertz CT molecular complexity index is 819. The van der Waals surface area contributed by atoms with Crippen molar-refractivity contribution in [3.8, 4) is 0 Å². The molecule has 0 aliphatic carbocycles. The predicted molar refractivity (Wildman–Crippen MR) is 79.5 cm³/mol. The van der Waals surface area contributed by atoms with Crippen LogP contribution < -0.4 is 0 Å². The largest absolute Gasteiger partial charge is 0.478 e. The third kappa shape index (κ3) is 2.50. The van der Waals surface area contributed by atoms with E-state index in [1.54, 1.807) is 18.2 Å². The Morgan fingerprint density at radius 3 is 2.71 bits per heavy atom. The molecule has 21 heavy (non-hydrogen) atoms. The minimum atomic E-state index is -0.931. The van der Waals surface area contributed by atoms with E-state index < -0.39 is 5.97 Å². The molecule has 106 valence electrons. The van der Waals surface area contributed by atoms with Crippen LogP contribution in [0.1, 0.15) is 27.4 Å². The number of fused-ring (bicyclic) bond motifs is 1. The number of aromatic carboxylic acids is 1. The lowest BCUT2D eigenvalue weighted by Crippen LogP contribution is -2.03. The van der Waals surface area contributed by atoms with E-state index in [2.05, 4.69) is 9.97 Å². The molecule has 5 nitrogen and oxygen atoms in total. The van der Waals surface area contributed by atoms with E-state index >= 15 is 0 Å². The molecule has 1 aromatic carbocycles. The molecule has 3 rings (SSSR count). The minimum absolute atomic E-state index is 0.269. The fraction of sp³-hybridized carbons (Fsp3) is 0.188. The highest BCUT2D eigenvalue weighted by atomic mass is 16.4.